The predicted molar refractivity (Wildman–Crippen MR) is 132 cm³/mol. The van der Waals surface area contributed by atoms with Crippen LogP contribution in [0.25, 0.3) is 10.6 Å². The summed E-state index contributed by atoms with van der Waals surface area (Å²) < 4.78 is 20.0. The number of alkyl carbamates (subject to hydrolysis) is 1. The van der Waals surface area contributed by atoms with Crippen molar-refractivity contribution in [1.29, 1.82) is 0 Å². The first-order valence-corrected chi connectivity index (χ1v) is 13.0. The number of aromatic nitrogens is 1. The zero-order valence-electron chi connectivity index (χ0n) is 17.3. The van der Waals surface area contributed by atoms with Gasteiger partial charge < -0.3 is 10.1 Å². The predicted octanol–water partition coefficient (Wildman–Crippen LogP) is 4.84. The summed E-state index contributed by atoms with van der Waals surface area (Å²) in [6.07, 6.45) is 1.73. The SMILES string of the molecule is NS(=O)NCCCCC(NC(=O)OCc1ccccc1)c1csc(-c2cccc(Br)c2)n1. The second kappa shape index (κ2) is 12.8. The van der Waals surface area contributed by atoms with E-state index in [0.717, 1.165) is 39.1 Å². The highest BCUT2D eigenvalue weighted by Crippen LogP contribution is 2.29. The molecule has 3 aromatic rings. The van der Waals surface area contributed by atoms with E-state index < -0.39 is 17.3 Å². The Bertz CT molecular complexity index is 1030. The van der Waals surface area contributed by atoms with Gasteiger partial charge in [-0.15, -0.1) is 11.3 Å². The highest BCUT2D eigenvalue weighted by atomic mass is 79.9. The Morgan fingerprint density at radius 2 is 2.00 bits per heavy atom. The van der Waals surface area contributed by atoms with Crippen molar-refractivity contribution >= 4 is 44.5 Å². The molecule has 0 radical (unpaired) electrons. The molecule has 4 N–H and O–H groups in total. The van der Waals surface area contributed by atoms with Gasteiger partial charge in [-0.2, -0.15) is 0 Å². The summed E-state index contributed by atoms with van der Waals surface area (Å²) in [5.74, 6) is 0. The number of hydrogen-bond donors (Lipinski definition) is 3. The second-order valence-electron chi connectivity index (χ2n) is 7.03. The fourth-order valence-corrected chi connectivity index (χ4v) is 4.66. The van der Waals surface area contributed by atoms with Crippen molar-refractivity contribution in [3.63, 3.8) is 0 Å². The van der Waals surface area contributed by atoms with Gasteiger partial charge in [-0.1, -0.05) is 58.4 Å². The molecule has 0 fully saturated rings. The van der Waals surface area contributed by atoms with E-state index >= 15 is 0 Å². The first-order chi connectivity index (χ1) is 15.5. The van der Waals surface area contributed by atoms with Gasteiger partial charge >= 0.3 is 6.09 Å². The maximum absolute atomic E-state index is 12.5. The third-order valence-corrected chi connectivity index (χ3v) is 6.51. The molecule has 2 unspecified atom stereocenters. The Morgan fingerprint density at radius 1 is 1.19 bits per heavy atom. The first kappa shape index (κ1) is 24.5. The maximum Gasteiger partial charge on any atom is 0.408 e. The van der Waals surface area contributed by atoms with E-state index in [1.54, 1.807) is 0 Å². The molecule has 1 amide bonds. The number of rotatable bonds is 11. The lowest BCUT2D eigenvalue weighted by atomic mass is 10.1. The van der Waals surface area contributed by atoms with Gasteiger partial charge in [-0.05, 0) is 37.0 Å². The molecule has 3 rings (SSSR count). The molecule has 1 heterocycles. The van der Waals surface area contributed by atoms with Crippen LogP contribution in [0.3, 0.4) is 0 Å². The minimum absolute atomic E-state index is 0.200. The molecule has 0 aliphatic carbocycles. The lowest BCUT2D eigenvalue weighted by Gasteiger charge is -2.17. The highest BCUT2D eigenvalue weighted by molar-refractivity contribution is 9.10. The third kappa shape index (κ3) is 8.10. The molecule has 7 nitrogen and oxygen atoms in total. The summed E-state index contributed by atoms with van der Waals surface area (Å²) in [5.41, 5.74) is 2.72. The van der Waals surface area contributed by atoms with Crippen molar-refractivity contribution in [3.8, 4) is 10.6 Å². The van der Waals surface area contributed by atoms with Crippen LogP contribution >= 0.6 is 27.3 Å². The van der Waals surface area contributed by atoms with E-state index in [1.807, 2.05) is 60.0 Å². The van der Waals surface area contributed by atoms with Crippen molar-refractivity contribution in [2.75, 3.05) is 6.54 Å². The van der Waals surface area contributed by atoms with Crippen LogP contribution in [-0.4, -0.2) is 21.8 Å². The number of benzene rings is 2. The Hall–Kier alpha value is -2.11. The number of nitrogens with zero attached hydrogens (tertiary/aromatic N) is 1. The smallest absolute Gasteiger partial charge is 0.408 e. The molecule has 2 aromatic carbocycles. The molecular weight excluding hydrogens is 512 g/mol. The fourth-order valence-electron chi connectivity index (χ4n) is 3.05. The molecule has 10 heteroatoms. The second-order valence-corrected chi connectivity index (χ2v) is 9.69. The zero-order valence-corrected chi connectivity index (χ0v) is 20.5. The van der Waals surface area contributed by atoms with Crippen LogP contribution in [0.1, 0.15) is 36.6 Å². The molecule has 0 bridgehead atoms. The van der Waals surface area contributed by atoms with Crippen LogP contribution in [0, 0.1) is 0 Å². The summed E-state index contributed by atoms with van der Waals surface area (Å²) in [7, 11) is 0. The Balaban J connectivity index is 1.64. The van der Waals surface area contributed by atoms with Crippen LogP contribution in [0.15, 0.2) is 64.5 Å². The van der Waals surface area contributed by atoms with Gasteiger partial charge in [0.2, 0.25) is 0 Å². The number of nitrogens with two attached hydrogens (primary N) is 1. The Labute approximate surface area is 202 Å². The largest absolute Gasteiger partial charge is 0.445 e. The highest BCUT2D eigenvalue weighted by Gasteiger charge is 2.19. The first-order valence-electron chi connectivity index (χ1n) is 10.1. The molecular formula is C22H25BrN4O3S2. The fraction of sp³-hybridized carbons (Fsp3) is 0.273. The monoisotopic (exact) mass is 536 g/mol. The van der Waals surface area contributed by atoms with Crippen LogP contribution in [0.4, 0.5) is 4.79 Å². The zero-order chi connectivity index (χ0) is 22.8. The van der Waals surface area contributed by atoms with Gasteiger partial charge in [0.1, 0.15) is 11.6 Å². The molecule has 2 atom stereocenters. The molecule has 0 spiro atoms. The lowest BCUT2D eigenvalue weighted by molar-refractivity contribution is 0.134. The lowest BCUT2D eigenvalue weighted by Crippen LogP contribution is -2.29. The van der Waals surface area contributed by atoms with Crippen molar-refractivity contribution in [2.24, 2.45) is 5.14 Å². The topological polar surface area (TPSA) is 106 Å². The van der Waals surface area contributed by atoms with E-state index in [2.05, 4.69) is 26.0 Å². The number of hydrogen-bond acceptors (Lipinski definition) is 5. The third-order valence-electron chi connectivity index (χ3n) is 4.62. The standard InChI is InChI=1S/C22H25BrN4O3S2/c23-18-10-6-9-17(13-18)21-26-20(15-31-21)19(11-4-5-12-25-32(24)29)27-22(28)30-14-16-7-2-1-3-8-16/h1-3,6-10,13,15,19,25H,4-5,11-12,14,24H2,(H,27,28). The van der Waals surface area contributed by atoms with Crippen molar-refractivity contribution in [3.05, 3.63) is 75.7 Å². The molecule has 170 valence electrons. The van der Waals surface area contributed by atoms with E-state index in [1.165, 1.54) is 11.3 Å². The average molecular weight is 538 g/mol. The van der Waals surface area contributed by atoms with Gasteiger partial charge in [0.15, 0.2) is 11.2 Å². The number of halogens is 1. The van der Waals surface area contributed by atoms with Crippen molar-refractivity contribution in [1.82, 2.24) is 15.0 Å². The van der Waals surface area contributed by atoms with E-state index in [0.29, 0.717) is 13.0 Å². The van der Waals surface area contributed by atoms with E-state index in [4.69, 9.17) is 14.9 Å². The number of ether oxygens (including phenoxy) is 1. The maximum atomic E-state index is 12.5. The van der Waals surface area contributed by atoms with Crippen molar-refractivity contribution < 1.29 is 13.7 Å². The van der Waals surface area contributed by atoms with E-state index in [9.17, 15) is 9.00 Å². The van der Waals surface area contributed by atoms with Crippen LogP contribution in [0.2, 0.25) is 0 Å². The summed E-state index contributed by atoms with van der Waals surface area (Å²) in [6.45, 7) is 0.737. The van der Waals surface area contributed by atoms with Crippen LogP contribution in [-0.2, 0) is 22.5 Å². The minimum Gasteiger partial charge on any atom is -0.445 e. The molecule has 0 saturated heterocycles. The number of thiazole rings is 1. The van der Waals surface area contributed by atoms with Crippen molar-refractivity contribution in [2.45, 2.75) is 31.9 Å². The normalized spacial score (nSPS) is 12.8. The number of nitrogens with one attached hydrogen (secondary N) is 2. The Kier molecular flexibility index (Phi) is 9.82. The Morgan fingerprint density at radius 3 is 2.75 bits per heavy atom. The molecule has 0 aliphatic rings. The summed E-state index contributed by atoms with van der Waals surface area (Å²) in [4.78, 5) is 17.2. The van der Waals surface area contributed by atoms with Gasteiger partial charge in [0.05, 0.1) is 11.7 Å². The number of carbonyl (C=O) groups excluding carboxylic acids is 1. The molecule has 32 heavy (non-hydrogen) atoms. The van der Waals surface area contributed by atoms with E-state index in [-0.39, 0.29) is 12.6 Å². The number of unbranched alkanes of at least 4 members (excludes halogenated alkanes) is 1. The van der Waals surface area contributed by atoms with Gasteiger partial charge in [0, 0.05) is 22.0 Å². The van der Waals surface area contributed by atoms with Crippen LogP contribution < -0.4 is 15.2 Å². The average Bonchev–Trinajstić information content (AvgIpc) is 3.27. The summed E-state index contributed by atoms with van der Waals surface area (Å²) >= 11 is 3.50. The van der Waals surface area contributed by atoms with Gasteiger partial charge in [-0.3, -0.25) is 0 Å². The van der Waals surface area contributed by atoms with Gasteiger partial charge in [-0.25, -0.2) is 23.8 Å². The molecule has 1 aromatic heterocycles. The number of carbonyl (C=O) groups is 1. The quantitative estimate of drug-likeness (QED) is 0.305. The molecule has 0 saturated carbocycles. The van der Waals surface area contributed by atoms with Crippen LogP contribution in [0.5, 0.6) is 0 Å². The van der Waals surface area contributed by atoms with Gasteiger partial charge in [0.25, 0.3) is 0 Å². The summed E-state index contributed by atoms with van der Waals surface area (Å²) in [6, 6.07) is 17.2. The summed E-state index contributed by atoms with van der Waals surface area (Å²) in [5, 5.41) is 11.0. The molecule has 0 aliphatic heterocycles. The minimum atomic E-state index is -1.52. The number of amides is 1.